The van der Waals surface area contributed by atoms with Gasteiger partial charge in [-0.05, 0) is 57.9 Å². The molecular formula is C18H29N3O3S. The number of carbonyl (C=O) groups is 1. The van der Waals surface area contributed by atoms with Crippen LogP contribution in [0.3, 0.4) is 0 Å². The molecule has 140 valence electrons. The highest BCUT2D eigenvalue weighted by Crippen LogP contribution is 2.23. The van der Waals surface area contributed by atoms with Gasteiger partial charge in [-0.25, -0.2) is 12.7 Å². The van der Waals surface area contributed by atoms with Crippen molar-refractivity contribution in [3.05, 3.63) is 24.3 Å². The predicted octanol–water partition coefficient (Wildman–Crippen LogP) is 2.53. The van der Waals surface area contributed by atoms with Crippen LogP contribution in [-0.2, 0) is 14.8 Å². The van der Waals surface area contributed by atoms with Gasteiger partial charge in [0.1, 0.15) is 0 Å². The maximum absolute atomic E-state index is 12.4. The third-order valence-electron chi connectivity index (χ3n) is 4.72. The van der Waals surface area contributed by atoms with Crippen molar-refractivity contribution in [1.29, 1.82) is 0 Å². The van der Waals surface area contributed by atoms with Gasteiger partial charge in [-0.2, -0.15) is 0 Å². The molecule has 1 fully saturated rings. The van der Waals surface area contributed by atoms with Gasteiger partial charge in [-0.1, -0.05) is 0 Å². The predicted molar refractivity (Wildman–Crippen MR) is 102 cm³/mol. The van der Waals surface area contributed by atoms with Gasteiger partial charge in [0.25, 0.3) is 0 Å². The Morgan fingerprint density at radius 1 is 1.24 bits per heavy atom. The average molecular weight is 368 g/mol. The van der Waals surface area contributed by atoms with Gasteiger partial charge < -0.3 is 10.2 Å². The van der Waals surface area contributed by atoms with E-state index in [1.807, 2.05) is 24.3 Å². The Balaban J connectivity index is 1.93. The third kappa shape index (κ3) is 5.19. The van der Waals surface area contributed by atoms with Crippen LogP contribution in [0.15, 0.2) is 24.3 Å². The molecule has 1 aromatic carbocycles. The maximum atomic E-state index is 12.4. The molecule has 0 atom stereocenters. The van der Waals surface area contributed by atoms with Crippen LogP contribution >= 0.6 is 0 Å². The number of carbonyl (C=O) groups excluding carboxylic acids is 1. The monoisotopic (exact) mass is 367 g/mol. The molecule has 0 saturated carbocycles. The number of rotatable bonds is 6. The number of anilines is 2. The van der Waals surface area contributed by atoms with E-state index in [1.54, 1.807) is 0 Å². The third-order valence-corrected chi connectivity index (χ3v) is 6.03. The molecule has 0 unspecified atom stereocenters. The second kappa shape index (κ2) is 8.19. The van der Waals surface area contributed by atoms with Crippen molar-refractivity contribution >= 4 is 27.3 Å². The first-order valence-electron chi connectivity index (χ1n) is 8.85. The fourth-order valence-electron chi connectivity index (χ4n) is 3.28. The highest BCUT2D eigenvalue weighted by molar-refractivity contribution is 7.88. The Labute approximate surface area is 151 Å². The van der Waals surface area contributed by atoms with E-state index >= 15 is 0 Å². The molecule has 0 aliphatic carbocycles. The largest absolute Gasteiger partial charge is 0.369 e. The van der Waals surface area contributed by atoms with Gasteiger partial charge >= 0.3 is 0 Å². The molecule has 1 aromatic rings. The molecule has 6 nitrogen and oxygen atoms in total. The Kier molecular flexibility index (Phi) is 6.46. The lowest BCUT2D eigenvalue weighted by Gasteiger charge is -2.29. The van der Waals surface area contributed by atoms with Crippen molar-refractivity contribution in [2.75, 3.05) is 36.1 Å². The van der Waals surface area contributed by atoms with Crippen molar-refractivity contribution in [2.45, 2.75) is 39.7 Å². The summed E-state index contributed by atoms with van der Waals surface area (Å²) >= 11 is 0. The summed E-state index contributed by atoms with van der Waals surface area (Å²) in [5.41, 5.74) is 1.91. The number of sulfonamides is 1. The number of hydrogen-bond donors (Lipinski definition) is 1. The van der Waals surface area contributed by atoms with Crippen molar-refractivity contribution in [1.82, 2.24) is 4.31 Å². The smallest absolute Gasteiger partial charge is 0.227 e. The summed E-state index contributed by atoms with van der Waals surface area (Å²) in [5.74, 6) is -0.169. The highest BCUT2D eigenvalue weighted by Gasteiger charge is 2.28. The van der Waals surface area contributed by atoms with E-state index in [4.69, 9.17) is 0 Å². The van der Waals surface area contributed by atoms with E-state index < -0.39 is 10.0 Å². The second-order valence-corrected chi connectivity index (χ2v) is 8.83. The van der Waals surface area contributed by atoms with E-state index in [1.165, 1.54) is 10.6 Å². The first kappa shape index (κ1) is 19.7. The summed E-state index contributed by atoms with van der Waals surface area (Å²) < 4.78 is 24.5. The van der Waals surface area contributed by atoms with Crippen LogP contribution < -0.4 is 10.2 Å². The number of hydrogen-bond acceptors (Lipinski definition) is 4. The van der Waals surface area contributed by atoms with Gasteiger partial charge in [-0.3, -0.25) is 4.79 Å². The first-order valence-corrected chi connectivity index (χ1v) is 10.7. The number of nitrogens with one attached hydrogen (secondary N) is 1. The zero-order valence-corrected chi connectivity index (χ0v) is 16.3. The van der Waals surface area contributed by atoms with Gasteiger partial charge in [0, 0.05) is 43.0 Å². The zero-order chi connectivity index (χ0) is 18.6. The molecule has 0 radical (unpaired) electrons. The fraction of sp³-hybridized carbons (Fsp3) is 0.611. The van der Waals surface area contributed by atoms with E-state index in [2.05, 4.69) is 31.0 Å². The fourth-order valence-corrected chi connectivity index (χ4v) is 4.15. The molecule has 7 heteroatoms. The summed E-state index contributed by atoms with van der Waals surface area (Å²) in [4.78, 5) is 14.7. The molecule has 1 N–H and O–H groups in total. The van der Waals surface area contributed by atoms with Gasteiger partial charge in [0.05, 0.1) is 6.26 Å². The normalized spacial score (nSPS) is 16.8. The maximum Gasteiger partial charge on any atom is 0.227 e. The zero-order valence-electron chi connectivity index (χ0n) is 15.5. The lowest BCUT2D eigenvalue weighted by Crippen LogP contribution is -2.40. The van der Waals surface area contributed by atoms with Crippen LogP contribution in [0.4, 0.5) is 11.4 Å². The van der Waals surface area contributed by atoms with Gasteiger partial charge in [0.15, 0.2) is 0 Å². The first-order chi connectivity index (χ1) is 11.7. The summed E-state index contributed by atoms with van der Waals surface area (Å²) in [6.07, 6.45) is 2.34. The molecular weight excluding hydrogens is 338 g/mol. The number of benzene rings is 1. The summed E-state index contributed by atoms with van der Waals surface area (Å²) in [5, 5.41) is 2.95. The Hall–Kier alpha value is -1.60. The topological polar surface area (TPSA) is 69.7 Å². The number of piperidine rings is 1. The molecule has 1 heterocycles. The van der Waals surface area contributed by atoms with Crippen LogP contribution in [0.5, 0.6) is 0 Å². The quantitative estimate of drug-likeness (QED) is 0.839. The van der Waals surface area contributed by atoms with Crippen LogP contribution in [0.2, 0.25) is 0 Å². The van der Waals surface area contributed by atoms with Crippen molar-refractivity contribution in [3.8, 4) is 0 Å². The number of amides is 1. The van der Waals surface area contributed by atoms with Crippen molar-refractivity contribution in [2.24, 2.45) is 5.92 Å². The van der Waals surface area contributed by atoms with E-state index in [0.717, 1.165) is 17.9 Å². The molecule has 2 rings (SSSR count). The lowest BCUT2D eigenvalue weighted by atomic mass is 9.97. The second-order valence-electron chi connectivity index (χ2n) is 6.85. The van der Waals surface area contributed by atoms with Crippen molar-refractivity contribution < 1.29 is 13.2 Å². The van der Waals surface area contributed by atoms with E-state index in [0.29, 0.717) is 32.0 Å². The van der Waals surface area contributed by atoms with Crippen LogP contribution in [-0.4, -0.2) is 50.6 Å². The van der Waals surface area contributed by atoms with Crippen LogP contribution in [0, 0.1) is 5.92 Å². The summed E-state index contributed by atoms with van der Waals surface area (Å²) in [6.45, 7) is 8.19. The lowest BCUT2D eigenvalue weighted by molar-refractivity contribution is -0.120. The molecule has 1 aliphatic rings. The minimum atomic E-state index is -3.16. The van der Waals surface area contributed by atoms with E-state index in [-0.39, 0.29) is 11.8 Å². The van der Waals surface area contributed by atoms with Crippen LogP contribution in [0.25, 0.3) is 0 Å². The molecule has 25 heavy (non-hydrogen) atoms. The van der Waals surface area contributed by atoms with Crippen LogP contribution in [0.1, 0.15) is 33.6 Å². The Morgan fingerprint density at radius 2 is 1.80 bits per heavy atom. The minimum absolute atomic E-state index is 0.0305. The van der Waals surface area contributed by atoms with Crippen molar-refractivity contribution in [3.63, 3.8) is 0 Å². The molecule has 0 bridgehead atoms. The molecule has 1 aliphatic heterocycles. The molecule has 1 amide bonds. The molecule has 0 spiro atoms. The van der Waals surface area contributed by atoms with Gasteiger partial charge in [0.2, 0.25) is 15.9 Å². The Morgan fingerprint density at radius 3 is 2.24 bits per heavy atom. The minimum Gasteiger partial charge on any atom is -0.369 e. The molecule has 1 saturated heterocycles. The number of nitrogens with zero attached hydrogens (tertiary/aromatic N) is 2. The van der Waals surface area contributed by atoms with E-state index in [9.17, 15) is 13.2 Å². The molecule has 0 aromatic heterocycles. The standard InChI is InChI=1S/C18H29N3O3S/c1-5-21(14(2)3)17-8-6-16(7-9-17)19-18(22)15-10-12-20(13-11-15)25(4,23)24/h6-9,14-15H,5,10-13H2,1-4H3,(H,19,22). The summed E-state index contributed by atoms with van der Waals surface area (Å²) in [7, 11) is -3.16. The SMILES string of the molecule is CCN(c1ccc(NC(=O)C2CCN(S(C)(=O)=O)CC2)cc1)C(C)C. The Bertz CT molecular complexity index is 678. The van der Waals surface area contributed by atoms with Gasteiger partial charge in [-0.15, -0.1) is 0 Å². The highest BCUT2D eigenvalue weighted by atomic mass is 32.2. The summed E-state index contributed by atoms with van der Waals surface area (Å²) in [6, 6.07) is 8.30. The average Bonchev–Trinajstić information content (AvgIpc) is 2.56.